The highest BCUT2D eigenvalue weighted by atomic mass is 19.1. The van der Waals surface area contributed by atoms with Crippen molar-refractivity contribution in [1.29, 1.82) is 0 Å². The summed E-state index contributed by atoms with van der Waals surface area (Å²) >= 11 is 0. The quantitative estimate of drug-likeness (QED) is 0.619. The fraction of sp³-hybridized carbons (Fsp3) is 0.538. The van der Waals surface area contributed by atoms with Crippen molar-refractivity contribution in [3.05, 3.63) is 42.4 Å². The van der Waals surface area contributed by atoms with Crippen molar-refractivity contribution in [3.8, 4) is 17.0 Å². The molecule has 2 amide bonds. The van der Waals surface area contributed by atoms with Crippen molar-refractivity contribution < 1.29 is 18.7 Å². The van der Waals surface area contributed by atoms with Gasteiger partial charge in [0.15, 0.2) is 0 Å². The van der Waals surface area contributed by atoms with E-state index in [0.717, 1.165) is 43.7 Å². The van der Waals surface area contributed by atoms with E-state index in [4.69, 9.17) is 10.5 Å². The van der Waals surface area contributed by atoms with Gasteiger partial charge in [-0.05, 0) is 82.8 Å². The molecule has 1 aromatic heterocycles. The van der Waals surface area contributed by atoms with E-state index in [1.54, 1.807) is 20.0 Å². The minimum atomic E-state index is -1.16. The van der Waals surface area contributed by atoms with Crippen molar-refractivity contribution in [2.45, 2.75) is 51.2 Å². The molecule has 2 fully saturated rings. The number of halogens is 1. The SMILES string of the molecule is CC(C)(F)CN1CCC(COc2ccc(-c3cnc(C(=O)N4CCCC4C(N)=O)cn3)cc2)CC1. The third-order valence-electron chi connectivity index (χ3n) is 6.66. The largest absolute Gasteiger partial charge is 0.493 e. The predicted molar refractivity (Wildman–Crippen MR) is 131 cm³/mol. The number of carbonyl (C=O) groups excluding carboxylic acids is 2. The Labute approximate surface area is 205 Å². The number of piperidine rings is 1. The molecule has 0 aliphatic carbocycles. The highest BCUT2D eigenvalue weighted by Crippen LogP contribution is 2.24. The van der Waals surface area contributed by atoms with E-state index in [1.807, 2.05) is 24.3 Å². The summed E-state index contributed by atoms with van der Waals surface area (Å²) in [6.07, 6.45) is 6.34. The van der Waals surface area contributed by atoms with Gasteiger partial charge in [-0.15, -0.1) is 0 Å². The summed E-state index contributed by atoms with van der Waals surface area (Å²) in [6, 6.07) is 7.05. The third-order valence-corrected chi connectivity index (χ3v) is 6.66. The lowest BCUT2D eigenvalue weighted by Crippen LogP contribution is -2.44. The molecule has 2 aromatic rings. The molecule has 9 heteroatoms. The van der Waals surface area contributed by atoms with Crippen LogP contribution in [0.25, 0.3) is 11.3 Å². The van der Waals surface area contributed by atoms with Gasteiger partial charge in [0, 0.05) is 18.7 Å². The molecule has 3 heterocycles. The summed E-state index contributed by atoms with van der Waals surface area (Å²) in [5, 5.41) is 0. The van der Waals surface area contributed by atoms with Gasteiger partial charge >= 0.3 is 0 Å². The van der Waals surface area contributed by atoms with Crippen LogP contribution in [-0.2, 0) is 4.79 Å². The van der Waals surface area contributed by atoms with Gasteiger partial charge in [0.25, 0.3) is 5.91 Å². The Kier molecular flexibility index (Phi) is 7.64. The fourth-order valence-corrected chi connectivity index (χ4v) is 4.82. The summed E-state index contributed by atoms with van der Waals surface area (Å²) in [5.41, 5.74) is 5.96. The number of nitrogens with zero attached hydrogens (tertiary/aromatic N) is 4. The van der Waals surface area contributed by atoms with Crippen molar-refractivity contribution in [2.75, 3.05) is 32.8 Å². The lowest BCUT2D eigenvalue weighted by atomic mass is 9.97. The van der Waals surface area contributed by atoms with Gasteiger partial charge in [-0.2, -0.15) is 0 Å². The summed E-state index contributed by atoms with van der Waals surface area (Å²) in [6.45, 7) is 6.67. The van der Waals surface area contributed by atoms with Crippen molar-refractivity contribution in [2.24, 2.45) is 11.7 Å². The van der Waals surface area contributed by atoms with Crippen LogP contribution >= 0.6 is 0 Å². The zero-order valence-corrected chi connectivity index (χ0v) is 20.5. The second kappa shape index (κ2) is 10.7. The summed E-state index contributed by atoms with van der Waals surface area (Å²) in [7, 11) is 0. The molecule has 2 saturated heterocycles. The molecule has 2 aliphatic rings. The molecule has 4 rings (SSSR count). The molecule has 0 spiro atoms. The van der Waals surface area contributed by atoms with Gasteiger partial charge < -0.3 is 20.3 Å². The van der Waals surface area contributed by atoms with E-state index in [9.17, 15) is 14.0 Å². The van der Waals surface area contributed by atoms with E-state index >= 15 is 0 Å². The highest BCUT2D eigenvalue weighted by Gasteiger charge is 2.33. The normalized spacial score (nSPS) is 19.6. The van der Waals surface area contributed by atoms with E-state index in [2.05, 4.69) is 14.9 Å². The number of nitrogens with two attached hydrogens (primary N) is 1. The van der Waals surface area contributed by atoms with Crippen molar-refractivity contribution >= 4 is 11.8 Å². The number of aromatic nitrogens is 2. The van der Waals surface area contributed by atoms with Gasteiger partial charge in [-0.25, -0.2) is 9.37 Å². The molecule has 2 N–H and O–H groups in total. The van der Waals surface area contributed by atoms with E-state index < -0.39 is 17.6 Å². The van der Waals surface area contributed by atoms with Crippen molar-refractivity contribution in [1.82, 2.24) is 19.8 Å². The number of hydrogen-bond donors (Lipinski definition) is 1. The Hall–Kier alpha value is -3.07. The van der Waals surface area contributed by atoms with Gasteiger partial charge in [0.1, 0.15) is 23.2 Å². The Morgan fingerprint density at radius 1 is 1.09 bits per heavy atom. The van der Waals surface area contributed by atoms with E-state index in [0.29, 0.717) is 37.7 Å². The smallest absolute Gasteiger partial charge is 0.274 e. The first-order chi connectivity index (χ1) is 16.7. The number of benzene rings is 1. The van der Waals surface area contributed by atoms with Crippen LogP contribution in [0.3, 0.4) is 0 Å². The highest BCUT2D eigenvalue weighted by molar-refractivity contribution is 5.96. The number of ether oxygens (including phenoxy) is 1. The molecule has 1 atom stereocenters. The zero-order chi connectivity index (χ0) is 25.0. The number of alkyl halides is 1. The zero-order valence-electron chi connectivity index (χ0n) is 20.5. The summed E-state index contributed by atoms with van der Waals surface area (Å²) in [5.74, 6) is 0.434. The molecule has 2 aliphatic heterocycles. The average molecular weight is 484 g/mol. The Morgan fingerprint density at radius 2 is 1.80 bits per heavy atom. The van der Waals surface area contributed by atoms with Gasteiger partial charge in [-0.3, -0.25) is 14.6 Å². The molecular formula is C26H34FN5O3. The fourth-order valence-electron chi connectivity index (χ4n) is 4.82. The first kappa shape index (κ1) is 25.0. The van der Waals surface area contributed by atoms with Gasteiger partial charge in [0.2, 0.25) is 5.91 Å². The Balaban J connectivity index is 1.28. The second-order valence-corrected chi connectivity index (χ2v) is 10.1. The maximum atomic E-state index is 13.8. The van der Waals surface area contributed by atoms with Crippen molar-refractivity contribution in [3.63, 3.8) is 0 Å². The van der Waals surface area contributed by atoms with Gasteiger partial charge in [-0.1, -0.05) is 0 Å². The van der Waals surface area contributed by atoms with Crippen LogP contribution < -0.4 is 10.5 Å². The first-order valence-corrected chi connectivity index (χ1v) is 12.3. The van der Waals surface area contributed by atoms with Crippen LogP contribution in [0.5, 0.6) is 5.75 Å². The maximum absolute atomic E-state index is 13.8. The number of rotatable bonds is 8. The first-order valence-electron chi connectivity index (χ1n) is 12.3. The van der Waals surface area contributed by atoms with Gasteiger partial charge in [0.05, 0.1) is 24.7 Å². The maximum Gasteiger partial charge on any atom is 0.274 e. The lowest BCUT2D eigenvalue weighted by molar-refractivity contribution is -0.121. The van der Waals surface area contributed by atoms with E-state index in [1.165, 1.54) is 11.1 Å². The topological polar surface area (TPSA) is 102 Å². The van der Waals surface area contributed by atoms with Crippen LogP contribution in [0.4, 0.5) is 4.39 Å². The van der Waals surface area contributed by atoms with Crippen LogP contribution in [0.1, 0.15) is 50.0 Å². The number of hydrogen-bond acceptors (Lipinski definition) is 6. The number of primary amides is 1. The second-order valence-electron chi connectivity index (χ2n) is 10.1. The third kappa shape index (κ3) is 6.54. The van der Waals surface area contributed by atoms with Crippen LogP contribution in [-0.4, -0.2) is 76.1 Å². The summed E-state index contributed by atoms with van der Waals surface area (Å²) < 4.78 is 19.8. The van der Waals surface area contributed by atoms with E-state index in [-0.39, 0.29) is 11.6 Å². The standard InChI is InChI=1S/C26H34FN5O3/c1-26(2,27)17-31-12-9-18(10-13-31)16-35-20-7-5-19(6-8-20)21-14-30-22(15-29-21)25(34)32-11-3-4-23(32)24(28)33/h5-8,14-15,18,23H,3-4,9-13,16-17H2,1-2H3,(H2,28,33). The molecule has 35 heavy (non-hydrogen) atoms. The predicted octanol–water partition coefficient (Wildman–Crippen LogP) is 3.07. The minimum Gasteiger partial charge on any atom is -0.493 e. The number of carbonyl (C=O) groups is 2. The molecule has 8 nitrogen and oxygen atoms in total. The minimum absolute atomic E-state index is 0.197. The summed E-state index contributed by atoms with van der Waals surface area (Å²) in [4.78, 5) is 36.6. The number of likely N-dealkylation sites (tertiary alicyclic amines) is 2. The Bertz CT molecular complexity index is 1010. The molecule has 0 bridgehead atoms. The average Bonchev–Trinajstić information content (AvgIpc) is 3.33. The van der Waals surface area contributed by atoms with Crippen LogP contribution in [0.15, 0.2) is 36.7 Å². The monoisotopic (exact) mass is 483 g/mol. The Morgan fingerprint density at radius 3 is 2.40 bits per heavy atom. The molecule has 188 valence electrons. The molecule has 1 unspecified atom stereocenters. The molecule has 1 aromatic carbocycles. The van der Waals surface area contributed by atoms with Crippen LogP contribution in [0, 0.1) is 5.92 Å². The molecule has 0 saturated carbocycles. The lowest BCUT2D eigenvalue weighted by Gasteiger charge is -2.34. The van der Waals surface area contributed by atoms with Crippen LogP contribution in [0.2, 0.25) is 0 Å². The number of amides is 2. The molecular weight excluding hydrogens is 449 g/mol. The molecule has 0 radical (unpaired) electrons.